The van der Waals surface area contributed by atoms with Crippen molar-refractivity contribution in [3.63, 3.8) is 0 Å². The number of amides is 1. The predicted octanol–water partition coefficient (Wildman–Crippen LogP) is 4.38. The van der Waals surface area contributed by atoms with E-state index in [1.165, 1.54) is 11.8 Å². The van der Waals surface area contributed by atoms with Gasteiger partial charge in [0.2, 0.25) is 5.91 Å². The first-order valence-electron chi connectivity index (χ1n) is 8.63. The van der Waals surface area contributed by atoms with E-state index < -0.39 is 0 Å². The Morgan fingerprint density at radius 3 is 2.88 bits per heavy atom. The number of aryl methyl sites for hydroxylation is 1. The Bertz CT molecular complexity index is 858. The van der Waals surface area contributed by atoms with Gasteiger partial charge in [0, 0.05) is 12.2 Å². The van der Waals surface area contributed by atoms with Crippen LogP contribution in [0.5, 0.6) is 0 Å². The molecule has 0 unspecified atom stereocenters. The fourth-order valence-electron chi connectivity index (χ4n) is 2.55. The number of furan rings is 1. The standard InChI is InChI=1S/C19H22N4O2S/c1-3-4-10-23-18(16-9-6-11-25-16)21-22-19(23)26-13-17(24)20-15-8-5-7-14(2)12-15/h5-9,11-12H,3-4,10,13H2,1-2H3,(H,20,24). The number of nitrogens with zero attached hydrogens (tertiary/aromatic N) is 3. The SMILES string of the molecule is CCCCn1c(SCC(=O)Nc2cccc(C)c2)nnc1-c1ccco1. The number of nitrogens with one attached hydrogen (secondary N) is 1. The molecule has 2 aromatic heterocycles. The maximum Gasteiger partial charge on any atom is 0.234 e. The van der Waals surface area contributed by atoms with Crippen molar-refractivity contribution in [2.45, 2.75) is 38.4 Å². The van der Waals surface area contributed by atoms with Gasteiger partial charge in [0.25, 0.3) is 0 Å². The van der Waals surface area contributed by atoms with Crippen molar-refractivity contribution in [3.8, 4) is 11.6 Å². The number of rotatable bonds is 8. The second-order valence-corrected chi connectivity index (χ2v) is 6.94. The molecule has 3 rings (SSSR count). The molecule has 0 radical (unpaired) electrons. The van der Waals surface area contributed by atoms with Crippen molar-refractivity contribution in [2.75, 3.05) is 11.1 Å². The number of thioether (sulfide) groups is 1. The normalized spacial score (nSPS) is 10.8. The molecule has 0 aliphatic carbocycles. The molecule has 0 spiro atoms. The fourth-order valence-corrected chi connectivity index (χ4v) is 3.32. The Balaban J connectivity index is 1.68. The highest BCUT2D eigenvalue weighted by molar-refractivity contribution is 7.99. The smallest absolute Gasteiger partial charge is 0.234 e. The second-order valence-electron chi connectivity index (χ2n) is 6.00. The van der Waals surface area contributed by atoms with Gasteiger partial charge in [-0.05, 0) is 43.2 Å². The lowest BCUT2D eigenvalue weighted by molar-refractivity contribution is -0.113. The summed E-state index contributed by atoms with van der Waals surface area (Å²) >= 11 is 1.38. The Labute approximate surface area is 157 Å². The molecule has 3 aromatic rings. The fraction of sp³-hybridized carbons (Fsp3) is 0.316. The van der Waals surface area contributed by atoms with Crippen LogP contribution in [-0.4, -0.2) is 26.4 Å². The highest BCUT2D eigenvalue weighted by atomic mass is 32.2. The zero-order valence-electron chi connectivity index (χ0n) is 14.9. The minimum Gasteiger partial charge on any atom is -0.461 e. The molecule has 0 saturated carbocycles. The first kappa shape index (κ1) is 18.3. The zero-order chi connectivity index (χ0) is 18.4. The quantitative estimate of drug-likeness (QED) is 0.596. The number of anilines is 1. The number of carbonyl (C=O) groups is 1. The van der Waals surface area contributed by atoms with Crippen molar-refractivity contribution in [3.05, 3.63) is 48.2 Å². The van der Waals surface area contributed by atoms with Gasteiger partial charge in [-0.2, -0.15) is 0 Å². The number of unbranched alkanes of at least 4 members (excludes halogenated alkanes) is 1. The molecule has 1 aromatic carbocycles. The van der Waals surface area contributed by atoms with Crippen LogP contribution >= 0.6 is 11.8 Å². The van der Waals surface area contributed by atoms with E-state index in [1.54, 1.807) is 6.26 Å². The number of carbonyl (C=O) groups excluding carboxylic acids is 1. The molecule has 0 bridgehead atoms. The van der Waals surface area contributed by atoms with Gasteiger partial charge in [-0.25, -0.2) is 0 Å². The molecule has 0 fully saturated rings. The molecule has 7 heteroatoms. The number of aromatic nitrogens is 3. The van der Waals surface area contributed by atoms with E-state index in [0.29, 0.717) is 11.6 Å². The molecule has 0 aliphatic rings. The van der Waals surface area contributed by atoms with Gasteiger partial charge in [0.1, 0.15) is 0 Å². The van der Waals surface area contributed by atoms with Crippen LogP contribution in [0.3, 0.4) is 0 Å². The summed E-state index contributed by atoms with van der Waals surface area (Å²) in [4.78, 5) is 12.2. The first-order chi connectivity index (χ1) is 12.7. The van der Waals surface area contributed by atoms with Gasteiger partial charge in [0.15, 0.2) is 16.7 Å². The molecule has 0 aliphatic heterocycles. The Kier molecular flexibility index (Phi) is 6.12. The molecule has 2 heterocycles. The molecular weight excluding hydrogens is 348 g/mol. The summed E-state index contributed by atoms with van der Waals surface area (Å²) in [6.45, 7) is 4.93. The van der Waals surface area contributed by atoms with E-state index in [2.05, 4.69) is 22.4 Å². The maximum atomic E-state index is 12.2. The monoisotopic (exact) mass is 370 g/mol. The maximum absolute atomic E-state index is 12.2. The highest BCUT2D eigenvalue weighted by Gasteiger charge is 2.17. The van der Waals surface area contributed by atoms with E-state index in [0.717, 1.165) is 35.8 Å². The van der Waals surface area contributed by atoms with Crippen molar-refractivity contribution >= 4 is 23.4 Å². The van der Waals surface area contributed by atoms with E-state index in [9.17, 15) is 4.79 Å². The second kappa shape index (κ2) is 8.71. The van der Waals surface area contributed by atoms with Crippen LogP contribution < -0.4 is 5.32 Å². The Morgan fingerprint density at radius 1 is 1.27 bits per heavy atom. The van der Waals surface area contributed by atoms with Crippen LogP contribution in [0.4, 0.5) is 5.69 Å². The molecule has 26 heavy (non-hydrogen) atoms. The minimum atomic E-state index is -0.0646. The first-order valence-corrected chi connectivity index (χ1v) is 9.62. The Morgan fingerprint density at radius 2 is 2.15 bits per heavy atom. The van der Waals surface area contributed by atoms with Crippen molar-refractivity contribution in [1.29, 1.82) is 0 Å². The average Bonchev–Trinajstić information content (AvgIpc) is 3.27. The van der Waals surface area contributed by atoms with Gasteiger partial charge in [-0.15, -0.1) is 10.2 Å². The number of hydrogen-bond donors (Lipinski definition) is 1. The van der Waals surface area contributed by atoms with Gasteiger partial charge in [-0.1, -0.05) is 37.2 Å². The Hall–Kier alpha value is -2.54. The van der Waals surface area contributed by atoms with E-state index in [1.807, 2.05) is 47.9 Å². The lowest BCUT2D eigenvalue weighted by Crippen LogP contribution is -2.14. The van der Waals surface area contributed by atoms with Gasteiger partial charge in [-0.3, -0.25) is 9.36 Å². The molecular formula is C19H22N4O2S. The van der Waals surface area contributed by atoms with E-state index >= 15 is 0 Å². The molecule has 0 saturated heterocycles. The summed E-state index contributed by atoms with van der Waals surface area (Å²) < 4.78 is 7.48. The minimum absolute atomic E-state index is 0.0646. The molecule has 1 N–H and O–H groups in total. The lowest BCUT2D eigenvalue weighted by Gasteiger charge is -2.09. The summed E-state index contributed by atoms with van der Waals surface area (Å²) in [6, 6.07) is 11.4. The largest absolute Gasteiger partial charge is 0.461 e. The van der Waals surface area contributed by atoms with Gasteiger partial charge >= 0.3 is 0 Å². The van der Waals surface area contributed by atoms with Crippen molar-refractivity contribution in [2.24, 2.45) is 0 Å². The predicted molar refractivity (Wildman–Crippen MR) is 103 cm³/mol. The number of hydrogen-bond acceptors (Lipinski definition) is 5. The third kappa shape index (κ3) is 4.54. The number of benzene rings is 1. The average molecular weight is 370 g/mol. The van der Waals surface area contributed by atoms with Crippen molar-refractivity contribution < 1.29 is 9.21 Å². The van der Waals surface area contributed by atoms with Crippen LogP contribution in [0.1, 0.15) is 25.3 Å². The van der Waals surface area contributed by atoms with Crippen molar-refractivity contribution in [1.82, 2.24) is 14.8 Å². The van der Waals surface area contributed by atoms with E-state index in [-0.39, 0.29) is 11.7 Å². The van der Waals surface area contributed by atoms with Crippen LogP contribution in [0.15, 0.2) is 52.2 Å². The van der Waals surface area contributed by atoms with Crippen LogP contribution in [-0.2, 0) is 11.3 Å². The van der Waals surface area contributed by atoms with Crippen LogP contribution in [0.25, 0.3) is 11.6 Å². The summed E-state index contributed by atoms with van der Waals surface area (Å²) in [5.74, 6) is 1.59. The van der Waals surface area contributed by atoms with E-state index in [4.69, 9.17) is 4.42 Å². The molecule has 1 amide bonds. The molecule has 6 nitrogen and oxygen atoms in total. The topological polar surface area (TPSA) is 73.0 Å². The summed E-state index contributed by atoms with van der Waals surface area (Å²) in [5.41, 5.74) is 1.91. The van der Waals surface area contributed by atoms with Gasteiger partial charge < -0.3 is 9.73 Å². The van der Waals surface area contributed by atoms with Gasteiger partial charge in [0.05, 0.1) is 12.0 Å². The summed E-state index contributed by atoms with van der Waals surface area (Å²) in [7, 11) is 0. The third-order valence-electron chi connectivity index (χ3n) is 3.83. The summed E-state index contributed by atoms with van der Waals surface area (Å²) in [5, 5.41) is 12.1. The molecule has 136 valence electrons. The summed E-state index contributed by atoms with van der Waals surface area (Å²) in [6.07, 6.45) is 3.69. The third-order valence-corrected chi connectivity index (χ3v) is 4.79. The zero-order valence-corrected chi connectivity index (χ0v) is 15.8. The lowest BCUT2D eigenvalue weighted by atomic mass is 10.2. The van der Waals surface area contributed by atoms with Crippen LogP contribution in [0, 0.1) is 6.92 Å². The molecule has 0 atom stereocenters. The van der Waals surface area contributed by atoms with Crippen LogP contribution in [0.2, 0.25) is 0 Å². The highest BCUT2D eigenvalue weighted by Crippen LogP contribution is 2.25.